The maximum absolute atomic E-state index is 5.95. The maximum Gasteiger partial charge on any atom is 0.146 e. The van der Waals surface area contributed by atoms with Gasteiger partial charge in [-0.15, -0.1) is 0 Å². The second kappa shape index (κ2) is 4.38. The molecule has 0 aromatic carbocycles. The normalized spacial score (nSPS) is 11.3. The van der Waals surface area contributed by atoms with Gasteiger partial charge in [0.1, 0.15) is 17.8 Å². The number of rotatable bonds is 3. The molecule has 6 heteroatoms. The lowest BCUT2D eigenvalue weighted by atomic mass is 10.2. The van der Waals surface area contributed by atoms with Crippen molar-refractivity contribution in [3.63, 3.8) is 0 Å². The molecule has 19 heavy (non-hydrogen) atoms. The van der Waals surface area contributed by atoms with Crippen LogP contribution in [0.15, 0.2) is 25.0 Å². The van der Waals surface area contributed by atoms with Crippen molar-refractivity contribution in [2.75, 3.05) is 5.73 Å². The first-order valence-corrected chi connectivity index (χ1v) is 6.20. The van der Waals surface area contributed by atoms with E-state index in [2.05, 4.69) is 33.4 Å². The van der Waals surface area contributed by atoms with Gasteiger partial charge in [0.15, 0.2) is 0 Å². The molecule has 0 aliphatic heterocycles. The van der Waals surface area contributed by atoms with E-state index in [0.29, 0.717) is 5.82 Å². The Hall–Kier alpha value is -2.37. The average Bonchev–Trinajstić information content (AvgIpc) is 2.98. The Morgan fingerprint density at radius 3 is 2.79 bits per heavy atom. The van der Waals surface area contributed by atoms with Crippen molar-refractivity contribution in [2.45, 2.75) is 26.9 Å². The lowest BCUT2D eigenvalue weighted by Crippen LogP contribution is -2.08. The van der Waals surface area contributed by atoms with Crippen LogP contribution in [0.25, 0.3) is 11.0 Å². The molecule has 0 aliphatic rings. The van der Waals surface area contributed by atoms with Crippen molar-refractivity contribution in [1.82, 2.24) is 24.1 Å². The number of hydrogen-bond acceptors (Lipinski definition) is 4. The Kier molecular flexibility index (Phi) is 2.70. The number of nitrogens with two attached hydrogens (primary N) is 1. The molecule has 0 spiro atoms. The van der Waals surface area contributed by atoms with Crippen molar-refractivity contribution < 1.29 is 0 Å². The molecule has 0 fully saturated rings. The molecule has 0 radical (unpaired) electrons. The van der Waals surface area contributed by atoms with E-state index in [0.717, 1.165) is 29.7 Å². The number of aryl methyl sites for hydroxylation is 3. The minimum Gasteiger partial charge on any atom is -0.383 e. The molecule has 3 heterocycles. The Balaban J connectivity index is 2.03. The predicted molar refractivity (Wildman–Crippen MR) is 73.6 cm³/mol. The second-order valence-electron chi connectivity index (χ2n) is 4.62. The zero-order chi connectivity index (χ0) is 13.4. The van der Waals surface area contributed by atoms with Crippen molar-refractivity contribution >= 4 is 16.9 Å². The van der Waals surface area contributed by atoms with Crippen LogP contribution >= 0.6 is 0 Å². The Morgan fingerprint density at radius 2 is 2.05 bits per heavy atom. The number of fused-ring (bicyclic) bond motifs is 1. The van der Waals surface area contributed by atoms with E-state index in [1.54, 1.807) is 6.20 Å². The summed E-state index contributed by atoms with van der Waals surface area (Å²) in [4.78, 5) is 12.5. The van der Waals surface area contributed by atoms with Crippen LogP contribution in [0.3, 0.4) is 0 Å². The Labute approximate surface area is 110 Å². The summed E-state index contributed by atoms with van der Waals surface area (Å²) in [5, 5.41) is 0.964. The van der Waals surface area contributed by atoms with Crippen LogP contribution in [-0.4, -0.2) is 24.1 Å². The van der Waals surface area contributed by atoms with E-state index < -0.39 is 0 Å². The van der Waals surface area contributed by atoms with Crippen LogP contribution in [0, 0.1) is 13.8 Å². The van der Waals surface area contributed by atoms with Gasteiger partial charge in [-0.05, 0) is 19.4 Å². The van der Waals surface area contributed by atoms with Gasteiger partial charge in [-0.2, -0.15) is 0 Å². The van der Waals surface area contributed by atoms with Crippen molar-refractivity contribution in [1.29, 1.82) is 0 Å². The summed E-state index contributed by atoms with van der Waals surface area (Å²) in [5.74, 6) is 0.548. The van der Waals surface area contributed by atoms with E-state index in [-0.39, 0.29) is 0 Å². The minimum absolute atomic E-state index is 0.548. The molecule has 0 aliphatic carbocycles. The van der Waals surface area contributed by atoms with Gasteiger partial charge in [0.05, 0.1) is 11.7 Å². The molecule has 0 bridgehead atoms. The smallest absolute Gasteiger partial charge is 0.146 e. The first-order valence-electron chi connectivity index (χ1n) is 6.20. The maximum atomic E-state index is 5.95. The number of nitrogens with zero attached hydrogens (tertiary/aromatic N) is 5. The summed E-state index contributed by atoms with van der Waals surface area (Å²) in [5.41, 5.74) is 9.19. The largest absolute Gasteiger partial charge is 0.383 e. The van der Waals surface area contributed by atoms with Crippen LogP contribution in [0.1, 0.15) is 11.3 Å². The number of aromatic nitrogens is 5. The summed E-state index contributed by atoms with van der Waals surface area (Å²) < 4.78 is 4.23. The predicted octanol–water partition coefficient (Wildman–Crippen LogP) is 1.53. The van der Waals surface area contributed by atoms with Crippen LogP contribution in [-0.2, 0) is 13.1 Å². The summed E-state index contributed by atoms with van der Waals surface area (Å²) in [6, 6.07) is 0. The molecule has 0 amide bonds. The zero-order valence-electron chi connectivity index (χ0n) is 11.0. The number of anilines is 1. The van der Waals surface area contributed by atoms with Crippen molar-refractivity contribution in [3.05, 3.63) is 36.3 Å². The third-order valence-corrected chi connectivity index (χ3v) is 3.58. The molecule has 6 nitrogen and oxygen atoms in total. The highest BCUT2D eigenvalue weighted by atomic mass is 15.1. The molecule has 98 valence electrons. The molecule has 3 rings (SSSR count). The molecule has 2 N–H and O–H groups in total. The van der Waals surface area contributed by atoms with Crippen molar-refractivity contribution in [2.24, 2.45) is 0 Å². The first-order chi connectivity index (χ1) is 9.18. The average molecular weight is 256 g/mol. The summed E-state index contributed by atoms with van der Waals surface area (Å²) >= 11 is 0. The molecular formula is C13H16N6. The van der Waals surface area contributed by atoms with Crippen LogP contribution in [0.4, 0.5) is 5.82 Å². The van der Waals surface area contributed by atoms with Crippen LogP contribution in [0.5, 0.6) is 0 Å². The van der Waals surface area contributed by atoms with Crippen LogP contribution in [0.2, 0.25) is 0 Å². The van der Waals surface area contributed by atoms with Gasteiger partial charge in [0, 0.05) is 31.2 Å². The van der Waals surface area contributed by atoms with Crippen molar-refractivity contribution in [3.8, 4) is 0 Å². The first kappa shape index (κ1) is 11.7. The fourth-order valence-corrected chi connectivity index (χ4v) is 2.40. The fourth-order valence-electron chi connectivity index (χ4n) is 2.40. The van der Waals surface area contributed by atoms with Gasteiger partial charge in [-0.3, -0.25) is 0 Å². The van der Waals surface area contributed by atoms with E-state index in [1.165, 1.54) is 12.0 Å². The SMILES string of the molecule is Cc1c(C)n(CCn2ccnc2)c2ncnc(N)c12. The highest BCUT2D eigenvalue weighted by Crippen LogP contribution is 2.26. The Bertz CT molecular complexity index is 710. The molecule has 3 aromatic rings. The third-order valence-electron chi connectivity index (χ3n) is 3.58. The molecule has 0 saturated carbocycles. The van der Waals surface area contributed by atoms with Gasteiger partial charge < -0.3 is 14.9 Å². The van der Waals surface area contributed by atoms with Gasteiger partial charge in [-0.1, -0.05) is 0 Å². The molecule has 0 unspecified atom stereocenters. The molecule has 0 atom stereocenters. The molecule has 0 saturated heterocycles. The number of hydrogen-bond donors (Lipinski definition) is 1. The van der Waals surface area contributed by atoms with Crippen LogP contribution < -0.4 is 5.73 Å². The van der Waals surface area contributed by atoms with E-state index >= 15 is 0 Å². The number of imidazole rings is 1. The van der Waals surface area contributed by atoms with Gasteiger partial charge >= 0.3 is 0 Å². The topological polar surface area (TPSA) is 74.5 Å². The fraction of sp³-hybridized carbons (Fsp3) is 0.308. The standard InChI is InChI=1S/C13H16N6/c1-9-10(2)19(6-5-18-4-3-15-8-18)13-11(9)12(14)16-7-17-13/h3-4,7-8H,5-6H2,1-2H3,(H2,14,16,17). The van der Waals surface area contributed by atoms with E-state index in [4.69, 9.17) is 5.73 Å². The van der Waals surface area contributed by atoms with Gasteiger partial charge in [0.25, 0.3) is 0 Å². The second-order valence-corrected chi connectivity index (χ2v) is 4.62. The monoisotopic (exact) mass is 256 g/mol. The zero-order valence-corrected chi connectivity index (χ0v) is 11.0. The van der Waals surface area contributed by atoms with Gasteiger partial charge in [0.2, 0.25) is 0 Å². The van der Waals surface area contributed by atoms with Gasteiger partial charge in [-0.25, -0.2) is 15.0 Å². The molecule has 3 aromatic heterocycles. The summed E-state index contributed by atoms with van der Waals surface area (Å²) in [6.07, 6.45) is 7.07. The lowest BCUT2D eigenvalue weighted by Gasteiger charge is -2.08. The summed E-state index contributed by atoms with van der Waals surface area (Å²) in [7, 11) is 0. The summed E-state index contributed by atoms with van der Waals surface area (Å²) in [6.45, 7) is 5.84. The number of nitrogen functional groups attached to an aromatic ring is 1. The highest BCUT2D eigenvalue weighted by Gasteiger charge is 2.14. The Morgan fingerprint density at radius 1 is 1.21 bits per heavy atom. The van der Waals surface area contributed by atoms with E-state index in [1.807, 2.05) is 17.1 Å². The third kappa shape index (κ3) is 1.85. The highest BCUT2D eigenvalue weighted by molar-refractivity contribution is 5.90. The minimum atomic E-state index is 0.548. The quantitative estimate of drug-likeness (QED) is 0.771. The van der Waals surface area contributed by atoms with E-state index in [9.17, 15) is 0 Å². The lowest BCUT2D eigenvalue weighted by molar-refractivity contribution is 0.579. The molecular weight excluding hydrogens is 240 g/mol.